The van der Waals surface area contributed by atoms with Crippen molar-refractivity contribution < 1.29 is 9.53 Å². The molecule has 0 spiro atoms. The lowest BCUT2D eigenvalue weighted by molar-refractivity contribution is 0.0953. The molecule has 1 aromatic heterocycles. The summed E-state index contributed by atoms with van der Waals surface area (Å²) >= 11 is 0. The molecule has 0 aliphatic rings. The van der Waals surface area contributed by atoms with Gasteiger partial charge in [-0.25, -0.2) is 0 Å². The zero-order valence-electron chi connectivity index (χ0n) is 14.5. The first-order valence-corrected chi connectivity index (χ1v) is 8.36. The first-order valence-electron chi connectivity index (χ1n) is 8.36. The SMILES string of the molecule is COc1ccc(-n2cc(C(=O)NCCc3ccccc3)ccc2=O)cc1. The van der Waals surface area contributed by atoms with Crippen molar-refractivity contribution in [2.75, 3.05) is 13.7 Å². The highest BCUT2D eigenvalue weighted by atomic mass is 16.5. The number of ether oxygens (including phenoxy) is 1. The molecular weight excluding hydrogens is 328 g/mol. The third-order valence-corrected chi connectivity index (χ3v) is 4.07. The van der Waals surface area contributed by atoms with E-state index in [1.54, 1.807) is 43.6 Å². The van der Waals surface area contributed by atoms with Crippen LogP contribution in [0.1, 0.15) is 15.9 Å². The third-order valence-electron chi connectivity index (χ3n) is 4.07. The summed E-state index contributed by atoms with van der Waals surface area (Å²) in [5.41, 5.74) is 2.08. The van der Waals surface area contributed by atoms with Crippen LogP contribution in [0.2, 0.25) is 0 Å². The van der Waals surface area contributed by atoms with Gasteiger partial charge in [0, 0.05) is 24.5 Å². The van der Waals surface area contributed by atoms with Gasteiger partial charge in [0.2, 0.25) is 0 Å². The van der Waals surface area contributed by atoms with Crippen LogP contribution in [-0.4, -0.2) is 24.1 Å². The summed E-state index contributed by atoms with van der Waals surface area (Å²) in [6, 6.07) is 20.0. The summed E-state index contributed by atoms with van der Waals surface area (Å²) in [5, 5.41) is 2.89. The molecule has 0 radical (unpaired) electrons. The van der Waals surface area contributed by atoms with Crippen molar-refractivity contribution in [3.63, 3.8) is 0 Å². The van der Waals surface area contributed by atoms with Crippen LogP contribution >= 0.6 is 0 Å². The lowest BCUT2D eigenvalue weighted by atomic mass is 10.1. The molecule has 3 aromatic rings. The minimum absolute atomic E-state index is 0.198. The number of amides is 1. The van der Waals surface area contributed by atoms with Gasteiger partial charge in [0.15, 0.2) is 0 Å². The van der Waals surface area contributed by atoms with E-state index >= 15 is 0 Å². The zero-order valence-corrected chi connectivity index (χ0v) is 14.5. The highest BCUT2D eigenvalue weighted by Crippen LogP contribution is 2.14. The molecule has 2 aromatic carbocycles. The molecule has 0 unspecified atom stereocenters. The summed E-state index contributed by atoms with van der Waals surface area (Å²) in [5.74, 6) is 0.500. The van der Waals surface area contributed by atoms with Crippen molar-refractivity contribution in [2.24, 2.45) is 0 Å². The fourth-order valence-corrected chi connectivity index (χ4v) is 2.63. The second-order valence-electron chi connectivity index (χ2n) is 5.82. The van der Waals surface area contributed by atoms with Crippen LogP contribution in [0.5, 0.6) is 5.75 Å². The average Bonchev–Trinajstić information content (AvgIpc) is 2.69. The van der Waals surface area contributed by atoms with E-state index in [0.717, 1.165) is 12.0 Å². The Morgan fingerprint density at radius 1 is 1.00 bits per heavy atom. The Morgan fingerprint density at radius 2 is 1.73 bits per heavy atom. The van der Waals surface area contributed by atoms with E-state index in [4.69, 9.17) is 4.74 Å². The Labute approximate surface area is 151 Å². The molecule has 0 saturated heterocycles. The number of hydrogen-bond donors (Lipinski definition) is 1. The van der Waals surface area contributed by atoms with Crippen LogP contribution in [0.3, 0.4) is 0 Å². The largest absolute Gasteiger partial charge is 0.497 e. The molecule has 26 heavy (non-hydrogen) atoms. The molecule has 0 aliphatic carbocycles. The second kappa shape index (κ2) is 8.16. The Hall–Kier alpha value is -3.34. The number of aromatic nitrogens is 1. The maximum Gasteiger partial charge on any atom is 0.255 e. The highest BCUT2D eigenvalue weighted by molar-refractivity contribution is 5.93. The minimum atomic E-state index is -0.205. The van der Waals surface area contributed by atoms with Crippen molar-refractivity contribution in [3.05, 3.63) is 94.4 Å². The third kappa shape index (κ3) is 4.19. The molecule has 0 atom stereocenters. The van der Waals surface area contributed by atoms with Crippen molar-refractivity contribution in [1.29, 1.82) is 0 Å². The number of pyridine rings is 1. The van der Waals surface area contributed by atoms with Gasteiger partial charge in [-0.3, -0.25) is 14.2 Å². The van der Waals surface area contributed by atoms with E-state index < -0.39 is 0 Å². The molecule has 1 N–H and O–H groups in total. The molecule has 3 rings (SSSR count). The molecule has 1 heterocycles. The highest BCUT2D eigenvalue weighted by Gasteiger charge is 2.08. The van der Waals surface area contributed by atoms with E-state index in [0.29, 0.717) is 23.5 Å². The summed E-state index contributed by atoms with van der Waals surface area (Å²) in [6.07, 6.45) is 2.31. The Bertz CT molecular complexity index is 931. The summed E-state index contributed by atoms with van der Waals surface area (Å²) in [4.78, 5) is 24.5. The Balaban J connectivity index is 1.71. The molecule has 0 fully saturated rings. The van der Waals surface area contributed by atoms with Gasteiger partial charge in [-0.15, -0.1) is 0 Å². The lowest BCUT2D eigenvalue weighted by Gasteiger charge is -2.10. The van der Waals surface area contributed by atoms with Gasteiger partial charge in [0.25, 0.3) is 11.5 Å². The molecular formula is C21H20N2O3. The number of nitrogens with one attached hydrogen (secondary N) is 1. The molecule has 5 nitrogen and oxygen atoms in total. The van der Waals surface area contributed by atoms with Crippen molar-refractivity contribution >= 4 is 5.91 Å². The molecule has 1 amide bonds. The second-order valence-corrected chi connectivity index (χ2v) is 5.82. The topological polar surface area (TPSA) is 60.3 Å². The summed E-state index contributed by atoms with van der Waals surface area (Å²) in [7, 11) is 1.58. The summed E-state index contributed by atoms with van der Waals surface area (Å²) in [6.45, 7) is 0.532. The number of rotatable bonds is 6. The quantitative estimate of drug-likeness (QED) is 0.745. The number of methoxy groups -OCH3 is 1. The molecule has 132 valence electrons. The number of nitrogens with zero attached hydrogens (tertiary/aromatic N) is 1. The molecule has 5 heteroatoms. The lowest BCUT2D eigenvalue weighted by Crippen LogP contribution is -2.27. The Kier molecular flexibility index (Phi) is 5.49. The van der Waals surface area contributed by atoms with Gasteiger partial charge in [0.1, 0.15) is 5.75 Å². The first kappa shape index (κ1) is 17.5. The molecule has 0 aliphatic heterocycles. The van der Waals surface area contributed by atoms with Gasteiger partial charge >= 0.3 is 0 Å². The predicted molar refractivity (Wildman–Crippen MR) is 101 cm³/mol. The van der Waals surface area contributed by atoms with Crippen LogP contribution in [0.15, 0.2) is 77.7 Å². The normalized spacial score (nSPS) is 10.3. The van der Waals surface area contributed by atoms with Crippen LogP contribution in [0.25, 0.3) is 5.69 Å². The van der Waals surface area contributed by atoms with Gasteiger partial charge in [0.05, 0.1) is 12.7 Å². The van der Waals surface area contributed by atoms with Gasteiger partial charge in [-0.1, -0.05) is 30.3 Å². The number of hydrogen-bond acceptors (Lipinski definition) is 3. The number of carbonyl (C=O) groups is 1. The van der Waals surface area contributed by atoms with Crippen LogP contribution in [0.4, 0.5) is 0 Å². The molecule has 0 saturated carbocycles. The predicted octanol–water partition coefficient (Wildman–Crippen LogP) is 2.82. The van der Waals surface area contributed by atoms with Crippen LogP contribution in [-0.2, 0) is 6.42 Å². The maximum absolute atomic E-state index is 12.4. The number of carbonyl (C=O) groups excluding carboxylic acids is 1. The maximum atomic E-state index is 12.4. The zero-order chi connectivity index (χ0) is 18.4. The monoisotopic (exact) mass is 348 g/mol. The van der Waals surface area contributed by atoms with Crippen molar-refractivity contribution in [1.82, 2.24) is 9.88 Å². The van der Waals surface area contributed by atoms with Crippen molar-refractivity contribution in [2.45, 2.75) is 6.42 Å². The van der Waals surface area contributed by atoms with E-state index in [1.807, 2.05) is 30.3 Å². The van der Waals surface area contributed by atoms with Crippen LogP contribution < -0.4 is 15.6 Å². The fourth-order valence-electron chi connectivity index (χ4n) is 2.63. The summed E-state index contributed by atoms with van der Waals surface area (Å²) < 4.78 is 6.58. The van der Waals surface area contributed by atoms with E-state index in [9.17, 15) is 9.59 Å². The van der Waals surface area contributed by atoms with Crippen molar-refractivity contribution in [3.8, 4) is 11.4 Å². The fraction of sp³-hybridized carbons (Fsp3) is 0.143. The van der Waals surface area contributed by atoms with E-state index in [2.05, 4.69) is 5.32 Å². The minimum Gasteiger partial charge on any atom is -0.497 e. The smallest absolute Gasteiger partial charge is 0.255 e. The van der Waals surface area contributed by atoms with E-state index in [-0.39, 0.29) is 11.5 Å². The van der Waals surface area contributed by atoms with E-state index in [1.165, 1.54) is 10.6 Å². The van der Waals surface area contributed by atoms with Gasteiger partial charge in [-0.05, 0) is 42.3 Å². The van der Waals surface area contributed by atoms with Gasteiger partial charge < -0.3 is 10.1 Å². The van der Waals surface area contributed by atoms with Gasteiger partial charge in [-0.2, -0.15) is 0 Å². The first-order chi connectivity index (χ1) is 12.7. The van der Waals surface area contributed by atoms with Crippen LogP contribution in [0, 0.1) is 0 Å². The Morgan fingerprint density at radius 3 is 2.42 bits per heavy atom. The average molecular weight is 348 g/mol. The standard InChI is InChI=1S/C21H20N2O3/c1-26-19-10-8-18(9-11-19)23-15-17(7-12-20(23)24)21(25)22-14-13-16-5-3-2-4-6-16/h2-12,15H,13-14H2,1H3,(H,22,25). The molecule has 0 bridgehead atoms. The number of benzene rings is 2.